The fraction of sp³-hybridized carbons (Fsp3) is 0.429. The summed E-state index contributed by atoms with van der Waals surface area (Å²) in [6.07, 6.45) is 0.981. The highest BCUT2D eigenvalue weighted by Crippen LogP contribution is 2.41. The molecule has 0 saturated heterocycles. The van der Waals surface area contributed by atoms with Gasteiger partial charge in [0.25, 0.3) is 0 Å². The first-order chi connectivity index (χ1) is 16.5. The third kappa shape index (κ3) is 7.92. The van der Waals surface area contributed by atoms with Crippen molar-refractivity contribution in [3.8, 4) is 21.9 Å². The molecule has 1 unspecified atom stereocenters. The third-order valence-corrected chi connectivity index (χ3v) is 6.75. The van der Waals surface area contributed by atoms with Crippen LogP contribution >= 0.6 is 11.3 Å². The zero-order valence-electron chi connectivity index (χ0n) is 20.7. The Kier molecular flexibility index (Phi) is 8.75. The van der Waals surface area contributed by atoms with Crippen LogP contribution in [0.2, 0.25) is 0 Å². The molecule has 0 radical (unpaired) electrons. The molecule has 1 aromatic heterocycles. The summed E-state index contributed by atoms with van der Waals surface area (Å²) in [7, 11) is 0. The van der Waals surface area contributed by atoms with Crippen molar-refractivity contribution in [3.05, 3.63) is 60.9 Å². The second kappa shape index (κ2) is 11.4. The number of alkyl halides is 3. The average Bonchev–Trinajstić information content (AvgIpc) is 3.15. The molecule has 0 spiro atoms. The SMILES string of the molecule is C=COC(C)(C)CC(C)Oc1ccc2cc(-c3ccc(CCCCC)cc3OC(F)(F)F)sc2c1. The number of hydrogen-bond acceptors (Lipinski definition) is 4. The minimum absolute atomic E-state index is 0.103. The van der Waals surface area contributed by atoms with Crippen molar-refractivity contribution in [1.29, 1.82) is 0 Å². The minimum atomic E-state index is -4.76. The van der Waals surface area contributed by atoms with Crippen molar-refractivity contribution in [3.63, 3.8) is 0 Å². The number of hydrogen-bond donors (Lipinski definition) is 0. The summed E-state index contributed by atoms with van der Waals surface area (Å²) in [6, 6.07) is 12.8. The van der Waals surface area contributed by atoms with E-state index in [1.165, 1.54) is 23.7 Å². The molecule has 0 amide bonds. The van der Waals surface area contributed by atoms with Crippen molar-refractivity contribution in [2.75, 3.05) is 0 Å². The highest BCUT2D eigenvalue weighted by Gasteiger charge is 2.32. The van der Waals surface area contributed by atoms with Crippen molar-refractivity contribution >= 4 is 21.4 Å². The number of ether oxygens (including phenoxy) is 3. The van der Waals surface area contributed by atoms with Crippen LogP contribution in [0.25, 0.3) is 20.5 Å². The molecule has 0 fully saturated rings. The molecule has 1 heterocycles. The Morgan fingerprint density at radius 1 is 1.06 bits per heavy atom. The Morgan fingerprint density at radius 2 is 1.83 bits per heavy atom. The van der Waals surface area contributed by atoms with E-state index in [4.69, 9.17) is 9.47 Å². The van der Waals surface area contributed by atoms with Crippen molar-refractivity contribution in [2.24, 2.45) is 0 Å². The van der Waals surface area contributed by atoms with Gasteiger partial charge in [-0.3, -0.25) is 0 Å². The molecule has 190 valence electrons. The van der Waals surface area contributed by atoms with Gasteiger partial charge < -0.3 is 14.2 Å². The predicted molar refractivity (Wildman–Crippen MR) is 137 cm³/mol. The van der Waals surface area contributed by atoms with Gasteiger partial charge in [-0.2, -0.15) is 0 Å². The first-order valence-electron chi connectivity index (χ1n) is 11.9. The number of unbranched alkanes of at least 4 members (excludes halogenated alkanes) is 2. The van der Waals surface area contributed by atoms with Crippen molar-refractivity contribution < 1.29 is 27.4 Å². The lowest BCUT2D eigenvalue weighted by molar-refractivity contribution is -0.274. The highest BCUT2D eigenvalue weighted by molar-refractivity contribution is 7.22. The number of aryl methyl sites for hydroxylation is 1. The predicted octanol–water partition coefficient (Wildman–Crippen LogP) is 9.30. The van der Waals surface area contributed by atoms with Gasteiger partial charge in [-0.05, 0) is 81.0 Å². The van der Waals surface area contributed by atoms with Crippen LogP contribution in [-0.4, -0.2) is 18.1 Å². The quantitative estimate of drug-likeness (QED) is 0.181. The first kappa shape index (κ1) is 26.9. The molecule has 2 aromatic carbocycles. The van der Waals surface area contributed by atoms with Gasteiger partial charge in [-0.1, -0.05) is 32.4 Å². The van der Waals surface area contributed by atoms with E-state index in [1.807, 2.05) is 51.1 Å². The maximum atomic E-state index is 13.2. The second-order valence-electron chi connectivity index (χ2n) is 9.32. The van der Waals surface area contributed by atoms with Crippen LogP contribution in [0.15, 0.2) is 55.3 Å². The van der Waals surface area contributed by atoms with Crippen LogP contribution in [0.5, 0.6) is 11.5 Å². The largest absolute Gasteiger partial charge is 0.573 e. The van der Waals surface area contributed by atoms with Gasteiger partial charge in [-0.15, -0.1) is 24.5 Å². The van der Waals surface area contributed by atoms with E-state index in [2.05, 4.69) is 18.2 Å². The fourth-order valence-electron chi connectivity index (χ4n) is 4.17. The van der Waals surface area contributed by atoms with Gasteiger partial charge in [0, 0.05) is 21.6 Å². The second-order valence-corrected chi connectivity index (χ2v) is 10.4. The molecule has 0 aliphatic carbocycles. The van der Waals surface area contributed by atoms with Crippen LogP contribution in [0.4, 0.5) is 13.2 Å². The number of thiophene rings is 1. The third-order valence-electron chi connectivity index (χ3n) is 5.62. The van der Waals surface area contributed by atoms with Crippen LogP contribution in [0.1, 0.15) is 58.9 Å². The standard InChI is InChI=1S/C28H33F3O3S/c1-6-8-9-10-20-11-14-23(24(15-20)34-28(29,30)31)26-16-21-12-13-22(17-25(21)35-26)33-19(3)18-27(4,5)32-7-2/h7,11-17,19H,2,6,8-10,18H2,1,3-5H3. The molecule has 0 saturated carbocycles. The Morgan fingerprint density at radius 3 is 2.51 bits per heavy atom. The fourth-order valence-corrected chi connectivity index (χ4v) is 5.29. The van der Waals surface area contributed by atoms with Crippen molar-refractivity contribution in [2.45, 2.75) is 77.9 Å². The molecule has 3 nitrogen and oxygen atoms in total. The molecule has 1 atom stereocenters. The van der Waals surface area contributed by atoms with Crippen molar-refractivity contribution in [1.82, 2.24) is 0 Å². The maximum Gasteiger partial charge on any atom is 0.573 e. The Hall–Kier alpha value is -2.67. The molecule has 0 N–H and O–H groups in total. The maximum absolute atomic E-state index is 13.2. The molecule has 7 heteroatoms. The summed E-state index contributed by atoms with van der Waals surface area (Å²) in [5.41, 5.74) is 0.872. The monoisotopic (exact) mass is 506 g/mol. The summed E-state index contributed by atoms with van der Waals surface area (Å²) in [5.74, 6) is 0.540. The van der Waals surface area contributed by atoms with E-state index in [0.717, 1.165) is 41.3 Å². The van der Waals surface area contributed by atoms with E-state index < -0.39 is 12.0 Å². The number of fused-ring (bicyclic) bond motifs is 1. The summed E-state index contributed by atoms with van der Waals surface area (Å²) >= 11 is 1.42. The van der Waals surface area contributed by atoms with E-state index in [9.17, 15) is 13.2 Å². The van der Waals surface area contributed by atoms with Crippen LogP contribution in [0, 0.1) is 0 Å². The lowest BCUT2D eigenvalue weighted by atomic mass is 10.0. The lowest BCUT2D eigenvalue weighted by Crippen LogP contribution is -2.29. The van der Waals surface area contributed by atoms with Gasteiger partial charge >= 0.3 is 6.36 Å². The number of benzene rings is 2. The molecule has 3 aromatic rings. The Bertz CT molecular complexity index is 1130. The Labute approximate surface area is 209 Å². The van der Waals surface area contributed by atoms with Crippen LogP contribution in [0.3, 0.4) is 0 Å². The zero-order valence-corrected chi connectivity index (χ0v) is 21.5. The smallest absolute Gasteiger partial charge is 0.496 e. The van der Waals surface area contributed by atoms with Gasteiger partial charge in [-0.25, -0.2) is 0 Å². The van der Waals surface area contributed by atoms with Gasteiger partial charge in [0.2, 0.25) is 0 Å². The van der Waals surface area contributed by atoms with Gasteiger partial charge in [0.1, 0.15) is 17.1 Å². The van der Waals surface area contributed by atoms with Gasteiger partial charge in [0.15, 0.2) is 0 Å². The normalized spacial score (nSPS) is 13.0. The molecule has 0 aliphatic heterocycles. The molecule has 0 bridgehead atoms. The van der Waals surface area contributed by atoms with Gasteiger partial charge in [0.05, 0.1) is 12.4 Å². The van der Waals surface area contributed by atoms with E-state index in [0.29, 0.717) is 22.6 Å². The summed E-state index contributed by atoms with van der Waals surface area (Å²) in [5, 5.41) is 0.935. The van der Waals surface area contributed by atoms with E-state index >= 15 is 0 Å². The lowest BCUT2D eigenvalue weighted by Gasteiger charge is -2.27. The Balaban J connectivity index is 1.85. The zero-order chi connectivity index (χ0) is 25.6. The molecule has 3 rings (SSSR count). The van der Waals surface area contributed by atoms with Crippen LogP contribution < -0.4 is 9.47 Å². The highest BCUT2D eigenvalue weighted by atomic mass is 32.1. The molecule has 0 aliphatic rings. The number of halogens is 3. The van der Waals surface area contributed by atoms with E-state index in [1.54, 1.807) is 6.07 Å². The van der Waals surface area contributed by atoms with E-state index in [-0.39, 0.29) is 11.9 Å². The summed E-state index contributed by atoms with van der Waals surface area (Å²) in [4.78, 5) is 0.713. The molecular formula is C28H33F3O3S. The topological polar surface area (TPSA) is 27.7 Å². The number of rotatable bonds is 12. The summed E-state index contributed by atoms with van der Waals surface area (Å²) < 4.78 is 56.5. The molecule has 35 heavy (non-hydrogen) atoms. The van der Waals surface area contributed by atoms with Crippen LogP contribution in [-0.2, 0) is 11.2 Å². The minimum Gasteiger partial charge on any atom is -0.496 e. The molecular weight excluding hydrogens is 473 g/mol. The summed E-state index contributed by atoms with van der Waals surface area (Å²) in [6.45, 7) is 11.6. The average molecular weight is 507 g/mol. The first-order valence-corrected chi connectivity index (χ1v) is 12.7.